The highest BCUT2D eigenvalue weighted by molar-refractivity contribution is 6.10. The Balaban J connectivity index is 0.876. The summed E-state index contributed by atoms with van der Waals surface area (Å²) in [5.41, 5.74) is 8.48. The zero-order valence-electron chi connectivity index (χ0n) is 34.7. The molecule has 0 spiro atoms. The van der Waals surface area contributed by atoms with E-state index < -0.39 is 0 Å². The Morgan fingerprint density at radius 3 is 1.30 bits per heavy atom. The summed E-state index contributed by atoms with van der Waals surface area (Å²) in [5, 5.41) is 4.45. The van der Waals surface area contributed by atoms with Crippen molar-refractivity contribution < 1.29 is 12.2 Å². The van der Waals surface area contributed by atoms with Crippen molar-refractivity contribution >= 4 is 43.6 Å². The highest BCUT2D eigenvalue weighted by atomic mass is 16.5. The van der Waals surface area contributed by atoms with Crippen molar-refractivity contribution in [3.8, 4) is 57.1 Å². The van der Waals surface area contributed by atoms with Gasteiger partial charge in [0.25, 0.3) is 0 Å². The van der Waals surface area contributed by atoms with E-state index in [4.69, 9.17) is 32.2 Å². The maximum absolute atomic E-state index is 8.75. The van der Waals surface area contributed by atoms with E-state index in [0.29, 0.717) is 45.5 Å². The molecule has 0 N–H and O–H groups in total. The molecule has 286 valence electrons. The summed E-state index contributed by atoms with van der Waals surface area (Å²) < 4.78 is 34.7. The van der Waals surface area contributed by atoms with Gasteiger partial charge in [0.05, 0.1) is 48.6 Å². The lowest BCUT2D eigenvalue weighted by Crippen LogP contribution is -1.97. The van der Waals surface area contributed by atoms with Gasteiger partial charge in [-0.1, -0.05) is 60.6 Å². The van der Waals surface area contributed by atoms with Crippen LogP contribution in [0.4, 0.5) is 0 Å². The molecule has 11 rings (SSSR count). The predicted octanol–water partition coefficient (Wildman–Crippen LogP) is 13.0. The number of benzene rings is 6. The molecule has 0 atom stereocenters. The number of aryl methyl sites for hydroxylation is 2. The second-order valence-corrected chi connectivity index (χ2v) is 14.8. The van der Waals surface area contributed by atoms with Crippen molar-refractivity contribution in [2.45, 2.75) is 13.8 Å². The standard InChI is InChI=1S/C52H36N6O2/c1-33-21-23-53-51(25-33)57-47-15-5-3-13-41(47)43-19-17-39(29-49(43)57)59-37-11-7-9-35(27-37)45-31-56-46(32-55-45)36-10-8-12-38(28-36)60-40-18-20-44-42-14-4-6-16-48(42)58(50(44)30-40)52-26-34(2)22-24-54-52/h3-32H,1-2H3/i9D,10D. The third kappa shape index (κ3) is 6.27. The molecule has 5 heterocycles. The number of ether oxygens (including phenoxy) is 2. The van der Waals surface area contributed by atoms with E-state index >= 15 is 0 Å². The fourth-order valence-corrected chi connectivity index (χ4v) is 8.00. The third-order valence-electron chi connectivity index (χ3n) is 10.8. The van der Waals surface area contributed by atoms with Crippen molar-refractivity contribution in [1.29, 1.82) is 0 Å². The van der Waals surface area contributed by atoms with Crippen LogP contribution in [0.1, 0.15) is 13.9 Å². The quantitative estimate of drug-likeness (QED) is 0.153. The Labute approximate surface area is 348 Å². The number of aromatic nitrogens is 6. The smallest absolute Gasteiger partial charge is 0.137 e. The van der Waals surface area contributed by atoms with Crippen molar-refractivity contribution in [3.63, 3.8) is 0 Å². The van der Waals surface area contributed by atoms with Gasteiger partial charge in [0.15, 0.2) is 0 Å². The lowest BCUT2D eigenvalue weighted by molar-refractivity contribution is 0.483. The Hall–Kier alpha value is -8.10. The summed E-state index contributed by atoms with van der Waals surface area (Å²) in [6, 6.07) is 48.0. The lowest BCUT2D eigenvalue weighted by atomic mass is 10.1. The van der Waals surface area contributed by atoms with Gasteiger partial charge < -0.3 is 9.47 Å². The van der Waals surface area contributed by atoms with Gasteiger partial charge in [-0.2, -0.15) is 0 Å². The minimum atomic E-state index is 0.284. The highest BCUT2D eigenvalue weighted by Crippen LogP contribution is 2.37. The molecule has 0 saturated heterocycles. The van der Waals surface area contributed by atoms with Crippen LogP contribution in [-0.4, -0.2) is 29.1 Å². The molecule has 0 amide bonds. The Bertz CT molecular complexity index is 3310. The van der Waals surface area contributed by atoms with Crippen LogP contribution in [0.2, 0.25) is 0 Å². The maximum atomic E-state index is 8.75. The average molecular weight is 779 g/mol. The van der Waals surface area contributed by atoms with E-state index in [1.807, 2.05) is 85.2 Å². The zero-order chi connectivity index (χ0) is 41.9. The van der Waals surface area contributed by atoms with Crippen LogP contribution in [0.25, 0.3) is 77.8 Å². The topological polar surface area (TPSA) is 79.9 Å². The average Bonchev–Trinajstić information content (AvgIpc) is 3.80. The molecule has 8 heteroatoms. The molecule has 0 saturated carbocycles. The summed E-state index contributed by atoms with van der Waals surface area (Å²) in [5.74, 6) is 4.09. The number of para-hydroxylation sites is 2. The summed E-state index contributed by atoms with van der Waals surface area (Å²) in [6.45, 7) is 4.13. The fraction of sp³-hybridized carbons (Fsp3) is 0.0385. The van der Waals surface area contributed by atoms with Crippen LogP contribution in [0.5, 0.6) is 23.0 Å². The monoisotopic (exact) mass is 778 g/mol. The first-order valence-corrected chi connectivity index (χ1v) is 19.7. The van der Waals surface area contributed by atoms with E-state index in [0.717, 1.165) is 66.4 Å². The first-order valence-electron chi connectivity index (χ1n) is 20.7. The van der Waals surface area contributed by atoms with Gasteiger partial charge in [0.1, 0.15) is 34.6 Å². The molecule has 8 nitrogen and oxygen atoms in total. The van der Waals surface area contributed by atoms with E-state index in [1.165, 1.54) is 0 Å². The number of fused-ring (bicyclic) bond motifs is 6. The Morgan fingerprint density at radius 1 is 0.417 bits per heavy atom. The molecule has 0 radical (unpaired) electrons. The number of hydrogen-bond acceptors (Lipinski definition) is 6. The molecule has 11 aromatic rings. The lowest BCUT2D eigenvalue weighted by Gasteiger charge is -2.11. The SMILES string of the molecule is [2H]c1ccc(Oc2ccc3c4ccccc4n(-c4cc(C)ccn4)c3c2)cc1-c1cnc(-c2cc(Oc3ccc4c5ccccc5n(-c5cc(C)ccn5)c4c3)ccc2[2H])cn1. The number of rotatable bonds is 8. The van der Waals surface area contributed by atoms with Crippen LogP contribution in [0.15, 0.2) is 182 Å². The third-order valence-corrected chi connectivity index (χ3v) is 10.8. The molecule has 60 heavy (non-hydrogen) atoms. The maximum Gasteiger partial charge on any atom is 0.137 e. The molecule has 5 aromatic heterocycles. The van der Waals surface area contributed by atoms with E-state index in [-0.39, 0.29) is 12.1 Å². The van der Waals surface area contributed by atoms with Crippen LogP contribution in [0, 0.1) is 13.8 Å². The van der Waals surface area contributed by atoms with E-state index in [1.54, 1.807) is 36.7 Å². The molecule has 0 bridgehead atoms. The second-order valence-electron chi connectivity index (χ2n) is 14.8. The normalized spacial score (nSPS) is 12.0. The van der Waals surface area contributed by atoms with Gasteiger partial charge in [-0.05, 0) is 110 Å². The molecular weight excluding hydrogens is 741 g/mol. The summed E-state index contributed by atoms with van der Waals surface area (Å²) >= 11 is 0. The summed E-state index contributed by atoms with van der Waals surface area (Å²) in [4.78, 5) is 18.9. The van der Waals surface area contributed by atoms with Crippen LogP contribution < -0.4 is 9.47 Å². The largest absolute Gasteiger partial charge is 0.457 e. The molecule has 0 aliphatic heterocycles. The molecule has 0 unspecified atom stereocenters. The van der Waals surface area contributed by atoms with E-state index in [9.17, 15) is 0 Å². The Kier molecular flexibility index (Phi) is 7.89. The minimum absolute atomic E-state index is 0.284. The minimum Gasteiger partial charge on any atom is -0.457 e. The van der Waals surface area contributed by atoms with Crippen LogP contribution in [0.3, 0.4) is 0 Å². The predicted molar refractivity (Wildman–Crippen MR) is 240 cm³/mol. The molecule has 0 aliphatic rings. The number of hydrogen-bond donors (Lipinski definition) is 0. The van der Waals surface area contributed by atoms with Crippen molar-refractivity contribution in [2.75, 3.05) is 0 Å². The van der Waals surface area contributed by atoms with Gasteiger partial charge in [-0.15, -0.1) is 0 Å². The van der Waals surface area contributed by atoms with Crippen LogP contribution in [-0.2, 0) is 0 Å². The van der Waals surface area contributed by atoms with Gasteiger partial charge in [0.2, 0.25) is 0 Å². The van der Waals surface area contributed by atoms with Crippen molar-refractivity contribution in [1.82, 2.24) is 29.1 Å². The van der Waals surface area contributed by atoms with Gasteiger partial charge in [0, 0.05) is 57.2 Å². The molecular formula is C52H36N6O2. The number of nitrogens with zero attached hydrogens (tertiary/aromatic N) is 6. The molecule has 0 fully saturated rings. The summed E-state index contributed by atoms with van der Waals surface area (Å²) in [7, 11) is 0. The second kappa shape index (κ2) is 14.4. The number of pyridine rings is 2. The fourth-order valence-electron chi connectivity index (χ4n) is 8.00. The van der Waals surface area contributed by atoms with E-state index in [2.05, 4.69) is 71.5 Å². The summed E-state index contributed by atoms with van der Waals surface area (Å²) in [6.07, 6.45) is 6.92. The van der Waals surface area contributed by atoms with Crippen LogP contribution >= 0.6 is 0 Å². The van der Waals surface area contributed by atoms with Crippen molar-refractivity contribution in [2.24, 2.45) is 0 Å². The van der Waals surface area contributed by atoms with Crippen molar-refractivity contribution in [3.05, 3.63) is 194 Å². The van der Waals surface area contributed by atoms with Gasteiger partial charge >= 0.3 is 0 Å². The highest BCUT2D eigenvalue weighted by Gasteiger charge is 2.16. The molecule has 6 aromatic carbocycles. The van der Waals surface area contributed by atoms with Gasteiger partial charge in [-0.25, -0.2) is 9.97 Å². The zero-order valence-corrected chi connectivity index (χ0v) is 32.7. The first-order chi connectivity index (χ1) is 30.3. The van der Waals surface area contributed by atoms with Gasteiger partial charge in [-0.3, -0.25) is 19.1 Å². The Morgan fingerprint density at radius 2 is 0.850 bits per heavy atom. The molecule has 0 aliphatic carbocycles. The first kappa shape index (κ1) is 32.9.